The zero-order valence-corrected chi connectivity index (χ0v) is 20.4. The molecule has 1 atom stereocenters. The van der Waals surface area contributed by atoms with E-state index < -0.39 is 13.6 Å². The van der Waals surface area contributed by atoms with E-state index in [9.17, 15) is 9.18 Å². The Labute approximate surface area is 186 Å². The van der Waals surface area contributed by atoms with Gasteiger partial charge in [0.15, 0.2) is 0 Å². The molecule has 30 heavy (non-hydrogen) atoms. The molecule has 0 aliphatic carbocycles. The van der Waals surface area contributed by atoms with E-state index in [1.54, 1.807) is 24.4 Å². The number of aromatic nitrogens is 2. The summed E-state index contributed by atoms with van der Waals surface area (Å²) < 4.78 is 23.3. The van der Waals surface area contributed by atoms with Gasteiger partial charge in [0.05, 0.1) is 11.9 Å². The van der Waals surface area contributed by atoms with Crippen LogP contribution >= 0.6 is 15.9 Å². The van der Waals surface area contributed by atoms with Gasteiger partial charge in [-0.25, -0.2) is 9.37 Å². The summed E-state index contributed by atoms with van der Waals surface area (Å²) in [7, 11) is -1.23. The summed E-state index contributed by atoms with van der Waals surface area (Å²) in [6, 6.07) is 6.01. The third-order valence-corrected chi connectivity index (χ3v) is 7.56. The van der Waals surface area contributed by atoms with Crippen molar-refractivity contribution in [3.8, 4) is 11.3 Å². The van der Waals surface area contributed by atoms with E-state index in [4.69, 9.17) is 4.74 Å². The normalized spacial score (nSPS) is 19.2. The van der Waals surface area contributed by atoms with Gasteiger partial charge in [0, 0.05) is 31.1 Å². The van der Waals surface area contributed by atoms with Crippen molar-refractivity contribution < 1.29 is 13.9 Å². The summed E-state index contributed by atoms with van der Waals surface area (Å²) in [6.07, 6.45) is 5.05. The van der Waals surface area contributed by atoms with Gasteiger partial charge in [0.1, 0.15) is 23.9 Å². The highest BCUT2D eigenvalue weighted by atomic mass is 79.9. The molecule has 2 aromatic rings. The number of halogens is 2. The van der Waals surface area contributed by atoms with Crippen LogP contribution < -0.4 is 5.32 Å². The van der Waals surface area contributed by atoms with Crippen LogP contribution in [0.2, 0.25) is 25.7 Å². The Morgan fingerprint density at radius 3 is 2.80 bits per heavy atom. The molecule has 0 unspecified atom stereocenters. The zero-order chi connectivity index (χ0) is 21.9. The maximum atomic E-state index is 14.8. The van der Waals surface area contributed by atoms with Crippen LogP contribution in [0.15, 0.2) is 41.5 Å². The highest BCUT2D eigenvalue weighted by Crippen LogP contribution is 2.37. The van der Waals surface area contributed by atoms with Gasteiger partial charge >= 0.3 is 0 Å². The summed E-state index contributed by atoms with van der Waals surface area (Å²) in [5.41, 5.74) is 0.432. The van der Waals surface area contributed by atoms with Crippen LogP contribution in [0.5, 0.6) is 0 Å². The average molecular weight is 494 g/mol. The summed E-state index contributed by atoms with van der Waals surface area (Å²) in [4.78, 5) is 16.7. The summed E-state index contributed by atoms with van der Waals surface area (Å²) in [5.74, 6) is 0.327. The highest BCUT2D eigenvalue weighted by Gasteiger charge is 2.42. The monoisotopic (exact) mass is 493 g/mol. The molecule has 1 aromatic carbocycles. The van der Waals surface area contributed by atoms with Crippen LogP contribution in [0.1, 0.15) is 25.1 Å². The van der Waals surface area contributed by atoms with Gasteiger partial charge < -0.3 is 14.6 Å². The summed E-state index contributed by atoms with van der Waals surface area (Å²) >= 11 is 3.31. The third kappa shape index (κ3) is 5.10. The average Bonchev–Trinajstić information content (AvgIpc) is 3.23. The molecule has 0 spiro atoms. The number of amides is 1. The molecule has 1 saturated heterocycles. The summed E-state index contributed by atoms with van der Waals surface area (Å²) in [6.45, 7) is 11.6. The van der Waals surface area contributed by atoms with Crippen molar-refractivity contribution in [2.45, 2.75) is 57.2 Å². The molecule has 0 radical (unpaired) electrons. The minimum Gasteiger partial charge on any atom is -0.361 e. The van der Waals surface area contributed by atoms with Crippen LogP contribution in [-0.2, 0) is 21.8 Å². The fourth-order valence-corrected chi connectivity index (χ4v) is 4.80. The Bertz CT molecular complexity index is 941. The number of hydrogen-bond acceptors (Lipinski definition) is 3. The largest absolute Gasteiger partial charge is 0.361 e. The van der Waals surface area contributed by atoms with Gasteiger partial charge in [0.2, 0.25) is 5.91 Å². The molecule has 162 valence electrons. The maximum absolute atomic E-state index is 14.8. The van der Waals surface area contributed by atoms with E-state index in [2.05, 4.69) is 52.5 Å². The number of benzene rings is 1. The first kappa shape index (κ1) is 22.9. The predicted molar refractivity (Wildman–Crippen MR) is 123 cm³/mol. The van der Waals surface area contributed by atoms with Gasteiger partial charge in [-0.05, 0) is 37.1 Å². The molecular weight excluding hydrogens is 465 g/mol. The van der Waals surface area contributed by atoms with Crippen LogP contribution in [-0.4, -0.2) is 30.1 Å². The van der Waals surface area contributed by atoms with Gasteiger partial charge in [0.25, 0.3) is 0 Å². The van der Waals surface area contributed by atoms with Gasteiger partial charge in [-0.3, -0.25) is 4.79 Å². The van der Waals surface area contributed by atoms with Crippen LogP contribution in [0.25, 0.3) is 11.3 Å². The second kappa shape index (κ2) is 9.16. The second-order valence-corrected chi connectivity index (χ2v) is 15.5. The van der Waals surface area contributed by atoms with E-state index in [0.717, 1.165) is 6.04 Å². The number of nitrogens with zero attached hydrogens (tertiary/aromatic N) is 2. The molecule has 1 aliphatic rings. The van der Waals surface area contributed by atoms with E-state index in [1.807, 2.05) is 4.57 Å². The second-order valence-electron chi connectivity index (χ2n) is 8.99. The molecule has 1 fully saturated rings. The van der Waals surface area contributed by atoms with Crippen molar-refractivity contribution in [2.24, 2.45) is 0 Å². The number of carbonyl (C=O) groups excluding carboxylic acids is 1. The molecule has 3 rings (SSSR count). The number of nitrogens with one attached hydrogen (secondary N) is 1. The first-order valence-electron chi connectivity index (χ1n) is 10.2. The molecule has 5 nitrogen and oxygen atoms in total. The van der Waals surface area contributed by atoms with Crippen LogP contribution in [0, 0.1) is 5.82 Å². The Hall–Kier alpha value is -1.77. The number of ether oxygens (including phenoxy) is 1. The molecule has 1 aromatic heterocycles. The molecular formula is C22H29BrFN3O2Si. The maximum Gasteiger partial charge on any atom is 0.220 e. The lowest BCUT2D eigenvalue weighted by Crippen LogP contribution is -2.41. The fourth-order valence-electron chi connectivity index (χ4n) is 3.71. The lowest BCUT2D eigenvalue weighted by molar-refractivity contribution is -0.119. The number of hydrogen-bond donors (Lipinski definition) is 1. The first-order chi connectivity index (χ1) is 14.1. The van der Waals surface area contributed by atoms with E-state index in [-0.39, 0.29) is 18.5 Å². The van der Waals surface area contributed by atoms with Crippen molar-refractivity contribution in [1.29, 1.82) is 0 Å². The molecule has 0 saturated carbocycles. The fraction of sp³-hybridized carbons (Fsp3) is 0.455. The molecule has 1 N–H and O–H groups in total. The lowest BCUT2D eigenvalue weighted by Gasteiger charge is -2.29. The number of rotatable bonds is 9. The third-order valence-electron chi connectivity index (χ3n) is 5.36. The van der Waals surface area contributed by atoms with Crippen molar-refractivity contribution in [1.82, 2.24) is 14.9 Å². The first-order valence-corrected chi connectivity index (χ1v) is 14.7. The number of carbonyl (C=O) groups is 1. The standard InChI is InChI=1S/C22H29BrFN3O2Si/c1-5-9-22(10-8-20(28)26-22)21-25-14-19(17-7-6-16(23)13-18(17)24)27(21)15-29-11-12-30(2,3)4/h5-7,13-14H,1,8-12,15H2,2-4H3,(H,26,28)/t22-/m0/s1. The Balaban J connectivity index is 2.01. The minimum atomic E-state index is -1.23. The Morgan fingerprint density at radius 1 is 1.43 bits per heavy atom. The Morgan fingerprint density at radius 2 is 2.20 bits per heavy atom. The predicted octanol–water partition coefficient (Wildman–Crippen LogP) is 5.45. The Kier molecular flexibility index (Phi) is 6.99. The van der Waals surface area contributed by atoms with Crippen molar-refractivity contribution in [2.75, 3.05) is 6.61 Å². The van der Waals surface area contributed by atoms with Crippen molar-refractivity contribution in [3.63, 3.8) is 0 Å². The lowest BCUT2D eigenvalue weighted by atomic mass is 9.92. The molecule has 8 heteroatoms. The minimum absolute atomic E-state index is 0.0116. The molecule has 1 amide bonds. The van der Waals surface area contributed by atoms with Gasteiger partial charge in [-0.2, -0.15) is 0 Å². The van der Waals surface area contributed by atoms with E-state index >= 15 is 0 Å². The van der Waals surface area contributed by atoms with Gasteiger partial charge in [-0.15, -0.1) is 6.58 Å². The number of imidazole rings is 1. The van der Waals surface area contributed by atoms with Crippen LogP contribution in [0.4, 0.5) is 4.39 Å². The smallest absolute Gasteiger partial charge is 0.220 e. The van der Waals surface area contributed by atoms with Crippen molar-refractivity contribution >= 4 is 29.9 Å². The molecule has 2 heterocycles. The van der Waals surface area contributed by atoms with Gasteiger partial charge in [-0.1, -0.05) is 41.6 Å². The quantitative estimate of drug-likeness (QED) is 0.287. The van der Waals surface area contributed by atoms with Crippen LogP contribution in [0.3, 0.4) is 0 Å². The van der Waals surface area contributed by atoms with E-state index in [0.29, 0.717) is 47.4 Å². The van der Waals surface area contributed by atoms with E-state index in [1.165, 1.54) is 6.07 Å². The summed E-state index contributed by atoms with van der Waals surface area (Å²) in [5, 5.41) is 3.08. The highest BCUT2D eigenvalue weighted by molar-refractivity contribution is 9.10. The molecule has 1 aliphatic heterocycles. The molecule has 0 bridgehead atoms. The van der Waals surface area contributed by atoms with Crippen molar-refractivity contribution in [3.05, 3.63) is 53.2 Å². The zero-order valence-electron chi connectivity index (χ0n) is 17.8. The topological polar surface area (TPSA) is 56.2 Å². The SMILES string of the molecule is C=CC[C@@]1(c2ncc(-c3ccc(Br)cc3F)n2COCC[Si](C)(C)C)CCC(=O)N1.